The minimum Gasteiger partial charge on any atom is -0.391 e. The third kappa shape index (κ3) is 13.5. The van der Waals surface area contributed by atoms with Crippen LogP contribution >= 0.6 is 0 Å². The molecule has 0 saturated heterocycles. The monoisotopic (exact) mass is 518 g/mol. The van der Waals surface area contributed by atoms with Gasteiger partial charge in [-0.3, -0.25) is 19.2 Å². The quantitative estimate of drug-likeness (QED) is 0.236. The summed E-state index contributed by atoms with van der Waals surface area (Å²) in [5.74, 6) is -0.850. The highest BCUT2D eigenvalue weighted by Gasteiger charge is 2.29. The molecule has 1 aromatic rings. The lowest BCUT2D eigenvalue weighted by molar-refractivity contribution is -0.128. The minimum atomic E-state index is -0.916. The summed E-state index contributed by atoms with van der Waals surface area (Å²) in [5, 5.41) is 25.8. The molecule has 37 heavy (non-hydrogen) atoms. The summed E-state index contributed by atoms with van der Waals surface area (Å²) < 4.78 is 0. The summed E-state index contributed by atoms with van der Waals surface area (Å²) in [6, 6.07) is 8.31. The molecule has 4 N–H and O–H groups in total. The van der Waals surface area contributed by atoms with Gasteiger partial charge in [0.1, 0.15) is 6.61 Å². The van der Waals surface area contributed by atoms with E-state index in [4.69, 9.17) is 5.11 Å². The molecular formula is C29H46N2O6. The molecule has 2 amide bonds. The van der Waals surface area contributed by atoms with Crippen LogP contribution in [0.5, 0.6) is 0 Å². The Morgan fingerprint density at radius 2 is 1.57 bits per heavy atom. The van der Waals surface area contributed by atoms with E-state index in [9.17, 15) is 24.3 Å². The topological polar surface area (TPSA) is 133 Å². The van der Waals surface area contributed by atoms with E-state index in [0.29, 0.717) is 18.8 Å². The molecule has 1 rings (SSSR count). The number of ketones is 2. The van der Waals surface area contributed by atoms with Gasteiger partial charge < -0.3 is 20.8 Å². The molecule has 0 heterocycles. The van der Waals surface area contributed by atoms with Gasteiger partial charge in [0.2, 0.25) is 11.8 Å². The van der Waals surface area contributed by atoms with E-state index in [1.807, 2.05) is 44.2 Å². The number of carbonyl (C=O) groups excluding carboxylic acids is 4. The maximum atomic E-state index is 13.2. The Morgan fingerprint density at radius 3 is 2.11 bits per heavy atom. The third-order valence-corrected chi connectivity index (χ3v) is 6.51. The van der Waals surface area contributed by atoms with Gasteiger partial charge in [0.15, 0.2) is 11.6 Å². The number of aliphatic hydroxyl groups is 2. The van der Waals surface area contributed by atoms with E-state index >= 15 is 0 Å². The summed E-state index contributed by atoms with van der Waals surface area (Å²) in [6.45, 7) is 8.79. The summed E-state index contributed by atoms with van der Waals surface area (Å²) >= 11 is 0. The maximum absolute atomic E-state index is 13.2. The van der Waals surface area contributed by atoms with Gasteiger partial charge in [-0.15, -0.1) is 0 Å². The Bertz CT molecular complexity index is 855. The molecule has 0 radical (unpaired) electrons. The number of benzene rings is 1. The standard InChI is InChI=1S/C29H46N2O6/c1-19(2)11-12-23(17-27(36)29(20(3)4)30-21(5)33)16-26(35)25(15-22-9-7-6-8-10-22)31-28(37)14-13-24(34)18-32/h6-10,19-20,23,25-26,29,32,35H,11-18H2,1-5H3,(H,30,33)(H,31,37)/t23-,25-,26-,29-/m0/s1. The molecule has 8 nitrogen and oxygen atoms in total. The largest absolute Gasteiger partial charge is 0.391 e. The van der Waals surface area contributed by atoms with E-state index in [0.717, 1.165) is 18.4 Å². The molecule has 0 unspecified atom stereocenters. The molecule has 0 aliphatic rings. The average Bonchev–Trinajstić information content (AvgIpc) is 2.84. The van der Waals surface area contributed by atoms with Gasteiger partial charge in [-0.25, -0.2) is 0 Å². The molecule has 4 atom stereocenters. The number of hydrogen-bond donors (Lipinski definition) is 4. The molecule has 208 valence electrons. The van der Waals surface area contributed by atoms with E-state index in [2.05, 4.69) is 24.5 Å². The highest BCUT2D eigenvalue weighted by atomic mass is 16.3. The second kappa shape index (κ2) is 17.0. The van der Waals surface area contributed by atoms with Crippen molar-refractivity contribution in [1.29, 1.82) is 0 Å². The number of amides is 2. The first-order valence-corrected chi connectivity index (χ1v) is 13.4. The minimum absolute atomic E-state index is 0.0566. The van der Waals surface area contributed by atoms with E-state index in [1.54, 1.807) is 0 Å². The van der Waals surface area contributed by atoms with E-state index in [1.165, 1.54) is 6.92 Å². The van der Waals surface area contributed by atoms with Crippen molar-refractivity contribution in [3.63, 3.8) is 0 Å². The molecule has 0 spiro atoms. The predicted octanol–water partition coefficient (Wildman–Crippen LogP) is 2.98. The van der Waals surface area contributed by atoms with Crippen LogP contribution in [0.4, 0.5) is 0 Å². The summed E-state index contributed by atoms with van der Waals surface area (Å²) in [7, 11) is 0. The normalized spacial score (nSPS) is 14.6. The Hall–Kier alpha value is -2.58. The lowest BCUT2D eigenvalue weighted by Crippen LogP contribution is -2.46. The smallest absolute Gasteiger partial charge is 0.220 e. The fourth-order valence-electron chi connectivity index (χ4n) is 4.39. The molecule has 0 aliphatic carbocycles. The molecule has 0 aromatic heterocycles. The molecule has 8 heteroatoms. The summed E-state index contributed by atoms with van der Waals surface area (Å²) in [5.41, 5.74) is 0.943. The fraction of sp³-hybridized carbons (Fsp3) is 0.655. The highest BCUT2D eigenvalue weighted by molar-refractivity contribution is 5.88. The van der Waals surface area contributed by atoms with Gasteiger partial charge in [-0.1, -0.05) is 64.4 Å². The van der Waals surface area contributed by atoms with Crippen LogP contribution in [0.3, 0.4) is 0 Å². The van der Waals surface area contributed by atoms with Gasteiger partial charge in [0, 0.05) is 26.2 Å². The molecule has 0 bridgehead atoms. The van der Waals surface area contributed by atoms with Gasteiger partial charge in [0.05, 0.1) is 18.2 Å². The van der Waals surface area contributed by atoms with Crippen LogP contribution in [0, 0.1) is 17.8 Å². The van der Waals surface area contributed by atoms with Crippen LogP contribution < -0.4 is 10.6 Å². The van der Waals surface area contributed by atoms with Crippen LogP contribution in [-0.4, -0.2) is 58.4 Å². The van der Waals surface area contributed by atoms with E-state index in [-0.39, 0.29) is 48.7 Å². The zero-order valence-electron chi connectivity index (χ0n) is 23.0. The molecule has 0 aliphatic heterocycles. The van der Waals surface area contributed by atoms with Crippen molar-refractivity contribution < 1.29 is 29.4 Å². The van der Waals surface area contributed by atoms with Crippen LogP contribution in [0.2, 0.25) is 0 Å². The third-order valence-electron chi connectivity index (χ3n) is 6.51. The number of hydrogen-bond acceptors (Lipinski definition) is 6. The van der Waals surface area contributed by atoms with Gasteiger partial charge in [-0.2, -0.15) is 0 Å². The number of aliphatic hydroxyl groups excluding tert-OH is 2. The maximum Gasteiger partial charge on any atom is 0.220 e. The number of nitrogens with one attached hydrogen (secondary N) is 2. The summed E-state index contributed by atoms with van der Waals surface area (Å²) in [4.78, 5) is 48.8. The zero-order chi connectivity index (χ0) is 28.0. The Balaban J connectivity index is 3.04. The molecule has 0 fully saturated rings. The molecule has 0 saturated carbocycles. The summed E-state index contributed by atoms with van der Waals surface area (Å²) in [6.07, 6.45) is 1.51. The first-order chi connectivity index (χ1) is 17.4. The van der Waals surface area contributed by atoms with Crippen molar-refractivity contribution in [2.24, 2.45) is 17.8 Å². The number of carbonyl (C=O) groups is 4. The van der Waals surface area contributed by atoms with Crippen LogP contribution in [0.1, 0.15) is 78.7 Å². The predicted molar refractivity (Wildman–Crippen MR) is 144 cm³/mol. The SMILES string of the molecule is CC(=O)N[C@H](C(=O)C[C@@H](CCC(C)C)C[C@H](O)[C@H](Cc1ccccc1)NC(=O)CCC(=O)CO)C(C)C. The lowest BCUT2D eigenvalue weighted by Gasteiger charge is -2.29. The number of rotatable bonds is 18. The van der Waals surface area contributed by atoms with E-state index < -0.39 is 30.6 Å². The second-order valence-electron chi connectivity index (χ2n) is 10.8. The van der Waals surface area contributed by atoms with Crippen molar-refractivity contribution in [2.75, 3.05) is 6.61 Å². The zero-order valence-corrected chi connectivity index (χ0v) is 23.0. The molecule has 1 aromatic carbocycles. The van der Waals surface area contributed by atoms with Crippen molar-refractivity contribution in [2.45, 2.75) is 97.8 Å². The van der Waals surface area contributed by atoms with Crippen molar-refractivity contribution in [1.82, 2.24) is 10.6 Å². The first kappa shape index (κ1) is 32.4. The number of Topliss-reactive ketones (excluding diaryl/α,β-unsaturated/α-hetero) is 2. The molecular weight excluding hydrogens is 472 g/mol. The van der Waals surface area contributed by atoms with Crippen LogP contribution in [0.25, 0.3) is 0 Å². The van der Waals surface area contributed by atoms with Crippen molar-refractivity contribution in [3.05, 3.63) is 35.9 Å². The Labute approximate surface area is 221 Å². The van der Waals surface area contributed by atoms with Crippen LogP contribution in [-0.2, 0) is 25.6 Å². The first-order valence-electron chi connectivity index (χ1n) is 13.4. The van der Waals surface area contributed by atoms with Gasteiger partial charge >= 0.3 is 0 Å². The lowest BCUT2D eigenvalue weighted by atomic mass is 9.83. The Kier molecular flexibility index (Phi) is 14.9. The van der Waals surface area contributed by atoms with Gasteiger partial charge in [-0.05, 0) is 42.6 Å². The fourth-order valence-corrected chi connectivity index (χ4v) is 4.39. The van der Waals surface area contributed by atoms with Gasteiger partial charge in [0.25, 0.3) is 0 Å². The van der Waals surface area contributed by atoms with Crippen molar-refractivity contribution in [3.8, 4) is 0 Å². The average molecular weight is 519 g/mol. The Morgan fingerprint density at radius 1 is 0.919 bits per heavy atom. The highest BCUT2D eigenvalue weighted by Crippen LogP contribution is 2.25. The van der Waals surface area contributed by atoms with Crippen LogP contribution in [0.15, 0.2) is 30.3 Å². The van der Waals surface area contributed by atoms with Crippen molar-refractivity contribution >= 4 is 23.4 Å². The second-order valence-corrected chi connectivity index (χ2v) is 10.8.